The molecular formula is C19H21BrN2O2. The molecule has 2 rings (SSSR count). The topological polar surface area (TPSA) is 50.7 Å². The highest BCUT2D eigenvalue weighted by atomic mass is 79.9. The van der Waals surface area contributed by atoms with Crippen LogP contribution >= 0.6 is 15.9 Å². The van der Waals surface area contributed by atoms with E-state index < -0.39 is 0 Å². The van der Waals surface area contributed by atoms with Crippen LogP contribution in [0.25, 0.3) is 0 Å². The highest BCUT2D eigenvalue weighted by Gasteiger charge is 2.05. The Morgan fingerprint density at radius 3 is 2.42 bits per heavy atom. The number of aryl methyl sites for hydroxylation is 4. The van der Waals surface area contributed by atoms with Crippen molar-refractivity contribution in [2.75, 3.05) is 6.61 Å². The Morgan fingerprint density at radius 1 is 1.12 bits per heavy atom. The standard InChI is InChI=1S/C19H21BrN2O2/c1-12-7-13(2)17(14(3)8-12)10-21-22-19(23)11-24-18-6-5-16(20)9-15(18)4/h5-10H,11H2,1-4H3,(H,22,23)/b21-10+. The van der Waals surface area contributed by atoms with Crippen molar-refractivity contribution >= 4 is 28.1 Å². The molecule has 1 N–H and O–H groups in total. The molecule has 5 heteroatoms. The Hall–Kier alpha value is -2.14. The average Bonchev–Trinajstić information content (AvgIpc) is 2.49. The lowest BCUT2D eigenvalue weighted by Gasteiger charge is -2.09. The van der Waals surface area contributed by atoms with Crippen molar-refractivity contribution < 1.29 is 9.53 Å². The number of rotatable bonds is 5. The van der Waals surface area contributed by atoms with Gasteiger partial charge in [0.05, 0.1) is 6.21 Å². The van der Waals surface area contributed by atoms with E-state index in [1.165, 1.54) is 5.56 Å². The normalized spacial score (nSPS) is 10.9. The predicted octanol–water partition coefficient (Wildman–Crippen LogP) is 4.21. The first-order valence-electron chi connectivity index (χ1n) is 7.65. The zero-order valence-corrected chi connectivity index (χ0v) is 15.9. The molecule has 1 amide bonds. The first-order chi connectivity index (χ1) is 11.4. The van der Waals surface area contributed by atoms with Gasteiger partial charge in [0.1, 0.15) is 5.75 Å². The van der Waals surface area contributed by atoms with Gasteiger partial charge in [0.25, 0.3) is 5.91 Å². The minimum absolute atomic E-state index is 0.0777. The Morgan fingerprint density at radius 2 is 1.79 bits per heavy atom. The minimum atomic E-state index is -0.295. The van der Waals surface area contributed by atoms with Crippen LogP contribution in [0.1, 0.15) is 27.8 Å². The van der Waals surface area contributed by atoms with Crippen LogP contribution in [0.4, 0.5) is 0 Å². The van der Waals surface area contributed by atoms with E-state index in [0.717, 1.165) is 26.7 Å². The van der Waals surface area contributed by atoms with Crippen molar-refractivity contribution in [2.45, 2.75) is 27.7 Å². The Kier molecular flexibility index (Phi) is 6.15. The number of carbonyl (C=O) groups excluding carboxylic acids is 1. The van der Waals surface area contributed by atoms with Gasteiger partial charge in [0.15, 0.2) is 6.61 Å². The SMILES string of the molecule is Cc1cc(C)c(/C=N/NC(=O)COc2ccc(Br)cc2C)c(C)c1. The molecule has 0 bridgehead atoms. The molecule has 0 fully saturated rings. The van der Waals surface area contributed by atoms with Gasteiger partial charge in [0.2, 0.25) is 0 Å². The molecule has 2 aromatic carbocycles. The maximum absolute atomic E-state index is 11.8. The number of carbonyl (C=O) groups is 1. The van der Waals surface area contributed by atoms with Crippen molar-refractivity contribution in [3.8, 4) is 5.75 Å². The molecule has 0 unspecified atom stereocenters. The molecule has 2 aromatic rings. The van der Waals surface area contributed by atoms with Crippen LogP contribution in [-0.4, -0.2) is 18.7 Å². The summed E-state index contributed by atoms with van der Waals surface area (Å²) in [6.07, 6.45) is 1.67. The summed E-state index contributed by atoms with van der Waals surface area (Å²) >= 11 is 3.39. The number of benzene rings is 2. The summed E-state index contributed by atoms with van der Waals surface area (Å²) in [5, 5.41) is 4.03. The van der Waals surface area contributed by atoms with Crippen molar-refractivity contribution in [2.24, 2.45) is 5.10 Å². The molecule has 4 nitrogen and oxygen atoms in total. The molecule has 126 valence electrons. The monoisotopic (exact) mass is 388 g/mol. The van der Waals surface area contributed by atoms with Crippen molar-refractivity contribution in [1.29, 1.82) is 0 Å². The largest absolute Gasteiger partial charge is 0.483 e. The van der Waals surface area contributed by atoms with Gasteiger partial charge in [-0.15, -0.1) is 0 Å². The number of nitrogens with one attached hydrogen (secondary N) is 1. The molecule has 0 aromatic heterocycles. The Bertz CT molecular complexity index is 762. The number of amides is 1. The van der Waals surface area contributed by atoms with Crippen LogP contribution in [-0.2, 0) is 4.79 Å². The summed E-state index contributed by atoms with van der Waals surface area (Å²) in [5.74, 6) is 0.388. The molecular weight excluding hydrogens is 368 g/mol. The van der Waals surface area contributed by atoms with Crippen LogP contribution in [0.15, 0.2) is 39.9 Å². The van der Waals surface area contributed by atoms with E-state index in [1.807, 2.05) is 39.0 Å². The summed E-state index contributed by atoms with van der Waals surface area (Å²) in [6, 6.07) is 9.83. The molecule has 0 aliphatic heterocycles. The first kappa shape index (κ1) is 18.2. The molecule has 0 spiro atoms. The first-order valence-corrected chi connectivity index (χ1v) is 8.45. The van der Waals surface area contributed by atoms with Gasteiger partial charge in [-0.3, -0.25) is 4.79 Å². The number of hydrogen-bond acceptors (Lipinski definition) is 3. The van der Waals surface area contributed by atoms with Gasteiger partial charge < -0.3 is 4.74 Å². The fourth-order valence-corrected chi connectivity index (χ4v) is 2.99. The van der Waals surface area contributed by atoms with Crippen LogP contribution in [0.2, 0.25) is 0 Å². The molecule has 0 saturated carbocycles. The molecule has 0 aliphatic carbocycles. The van der Waals surface area contributed by atoms with Crippen molar-refractivity contribution in [3.05, 3.63) is 62.6 Å². The smallest absolute Gasteiger partial charge is 0.277 e. The second-order valence-electron chi connectivity index (χ2n) is 5.80. The van der Waals surface area contributed by atoms with Crippen LogP contribution in [0.3, 0.4) is 0 Å². The third-order valence-corrected chi connectivity index (χ3v) is 4.11. The fraction of sp³-hybridized carbons (Fsp3) is 0.263. The van der Waals surface area contributed by atoms with E-state index in [4.69, 9.17) is 4.74 Å². The van der Waals surface area contributed by atoms with Crippen molar-refractivity contribution in [3.63, 3.8) is 0 Å². The maximum Gasteiger partial charge on any atom is 0.277 e. The van der Waals surface area contributed by atoms with Gasteiger partial charge in [-0.25, -0.2) is 5.43 Å². The van der Waals surface area contributed by atoms with Gasteiger partial charge in [-0.05, 0) is 62.6 Å². The van der Waals surface area contributed by atoms with Gasteiger partial charge in [-0.1, -0.05) is 33.6 Å². The molecule has 0 atom stereocenters. The summed E-state index contributed by atoms with van der Waals surface area (Å²) in [5.41, 5.74) is 7.96. The van der Waals surface area contributed by atoms with Crippen molar-refractivity contribution in [1.82, 2.24) is 5.43 Å². The highest BCUT2D eigenvalue weighted by molar-refractivity contribution is 9.10. The number of halogens is 1. The maximum atomic E-state index is 11.8. The summed E-state index contributed by atoms with van der Waals surface area (Å²) in [7, 11) is 0. The summed E-state index contributed by atoms with van der Waals surface area (Å²) in [4.78, 5) is 11.8. The number of hydrazone groups is 1. The molecule has 0 radical (unpaired) electrons. The lowest BCUT2D eigenvalue weighted by molar-refractivity contribution is -0.123. The van der Waals surface area contributed by atoms with Crippen LogP contribution < -0.4 is 10.2 Å². The van der Waals surface area contributed by atoms with Gasteiger partial charge >= 0.3 is 0 Å². The fourth-order valence-electron chi connectivity index (χ4n) is 2.51. The summed E-state index contributed by atoms with van der Waals surface area (Å²) < 4.78 is 6.49. The van der Waals surface area contributed by atoms with E-state index in [2.05, 4.69) is 45.5 Å². The van der Waals surface area contributed by atoms with Crippen LogP contribution in [0.5, 0.6) is 5.75 Å². The number of nitrogens with zero attached hydrogens (tertiary/aromatic N) is 1. The third-order valence-electron chi connectivity index (χ3n) is 3.62. The van der Waals surface area contributed by atoms with E-state index >= 15 is 0 Å². The lowest BCUT2D eigenvalue weighted by Crippen LogP contribution is -2.24. The van der Waals surface area contributed by atoms with E-state index in [0.29, 0.717) is 5.75 Å². The molecule has 0 saturated heterocycles. The summed E-state index contributed by atoms with van der Waals surface area (Å²) in [6.45, 7) is 7.97. The predicted molar refractivity (Wildman–Crippen MR) is 101 cm³/mol. The Balaban J connectivity index is 1.91. The second kappa shape index (κ2) is 8.11. The van der Waals surface area contributed by atoms with Gasteiger partial charge in [0, 0.05) is 10.0 Å². The van der Waals surface area contributed by atoms with Crippen LogP contribution in [0, 0.1) is 27.7 Å². The lowest BCUT2D eigenvalue weighted by atomic mass is 10.0. The number of ether oxygens (including phenoxy) is 1. The zero-order chi connectivity index (χ0) is 17.7. The average molecular weight is 389 g/mol. The number of hydrogen-bond donors (Lipinski definition) is 1. The highest BCUT2D eigenvalue weighted by Crippen LogP contribution is 2.22. The molecule has 0 heterocycles. The van der Waals surface area contributed by atoms with E-state index in [1.54, 1.807) is 6.21 Å². The second-order valence-corrected chi connectivity index (χ2v) is 6.72. The minimum Gasteiger partial charge on any atom is -0.483 e. The third kappa shape index (κ3) is 4.93. The molecule has 0 aliphatic rings. The zero-order valence-electron chi connectivity index (χ0n) is 14.3. The Labute approximate surface area is 151 Å². The van der Waals surface area contributed by atoms with E-state index in [9.17, 15) is 4.79 Å². The van der Waals surface area contributed by atoms with E-state index in [-0.39, 0.29) is 12.5 Å². The molecule has 24 heavy (non-hydrogen) atoms. The quantitative estimate of drug-likeness (QED) is 0.615. The van der Waals surface area contributed by atoms with Gasteiger partial charge in [-0.2, -0.15) is 5.10 Å².